The molecule has 2 amide bonds. The van der Waals surface area contributed by atoms with E-state index in [1.165, 1.54) is 6.92 Å². The third kappa shape index (κ3) is 4.52. The number of piperidine rings is 1. The molecule has 0 aliphatic carbocycles. The molecule has 7 heteroatoms. The zero-order valence-electron chi connectivity index (χ0n) is 14.5. The van der Waals surface area contributed by atoms with E-state index in [4.69, 9.17) is 11.6 Å². The summed E-state index contributed by atoms with van der Waals surface area (Å²) in [5.41, 5.74) is 1.40. The Morgan fingerprint density at radius 1 is 1.15 bits per heavy atom. The van der Waals surface area contributed by atoms with Crippen LogP contribution in [0.4, 0.5) is 17.2 Å². The minimum absolute atomic E-state index is 0.0194. The molecule has 3 rings (SSSR count). The minimum Gasteiger partial charge on any atom is -0.355 e. The highest BCUT2D eigenvalue weighted by atomic mass is 35.5. The summed E-state index contributed by atoms with van der Waals surface area (Å²) in [6, 6.07) is 10.7. The Hall–Kier alpha value is -2.60. The van der Waals surface area contributed by atoms with Gasteiger partial charge >= 0.3 is 0 Å². The van der Waals surface area contributed by atoms with Gasteiger partial charge in [0.25, 0.3) is 0 Å². The van der Waals surface area contributed by atoms with Crippen LogP contribution in [0, 0.1) is 5.92 Å². The van der Waals surface area contributed by atoms with Crippen LogP contribution >= 0.6 is 11.6 Å². The predicted octanol–water partition coefficient (Wildman–Crippen LogP) is 3.55. The Morgan fingerprint density at radius 2 is 1.85 bits per heavy atom. The van der Waals surface area contributed by atoms with Gasteiger partial charge in [-0.25, -0.2) is 4.98 Å². The van der Waals surface area contributed by atoms with E-state index in [0.717, 1.165) is 25.2 Å². The number of anilines is 3. The molecule has 0 saturated carbocycles. The van der Waals surface area contributed by atoms with Gasteiger partial charge in [-0.05, 0) is 49.2 Å². The number of carbonyl (C=O) groups is 2. The van der Waals surface area contributed by atoms with Gasteiger partial charge in [-0.2, -0.15) is 0 Å². The summed E-state index contributed by atoms with van der Waals surface area (Å²) >= 11 is 6.23. The molecule has 0 spiro atoms. The van der Waals surface area contributed by atoms with E-state index >= 15 is 0 Å². The molecule has 1 aliphatic rings. The van der Waals surface area contributed by atoms with Crippen LogP contribution in [0.3, 0.4) is 0 Å². The number of nitrogens with one attached hydrogen (secondary N) is 2. The maximum atomic E-state index is 12.6. The van der Waals surface area contributed by atoms with Crippen LogP contribution in [0.2, 0.25) is 5.02 Å². The summed E-state index contributed by atoms with van der Waals surface area (Å²) in [5, 5.41) is 6.25. The van der Waals surface area contributed by atoms with Gasteiger partial charge in [0.15, 0.2) is 0 Å². The fourth-order valence-corrected chi connectivity index (χ4v) is 3.32. The van der Waals surface area contributed by atoms with Crippen molar-refractivity contribution in [2.75, 3.05) is 28.6 Å². The lowest BCUT2D eigenvalue weighted by Crippen LogP contribution is -2.41. The van der Waals surface area contributed by atoms with Crippen molar-refractivity contribution in [3.8, 4) is 0 Å². The normalized spacial score (nSPS) is 16.8. The second-order valence-corrected chi connectivity index (χ2v) is 6.75. The number of hydrogen-bond acceptors (Lipinski definition) is 4. The summed E-state index contributed by atoms with van der Waals surface area (Å²) in [6.07, 6.45) is 3.45. The molecule has 2 aromatic rings. The Labute approximate surface area is 157 Å². The van der Waals surface area contributed by atoms with E-state index < -0.39 is 0 Å². The van der Waals surface area contributed by atoms with E-state index in [1.807, 2.05) is 6.07 Å². The van der Waals surface area contributed by atoms with Crippen molar-refractivity contribution in [2.24, 2.45) is 5.92 Å². The van der Waals surface area contributed by atoms with Crippen LogP contribution in [-0.4, -0.2) is 29.9 Å². The largest absolute Gasteiger partial charge is 0.355 e. The molecule has 1 saturated heterocycles. The number of hydrogen-bond donors (Lipinski definition) is 2. The summed E-state index contributed by atoms with van der Waals surface area (Å²) in [7, 11) is 0. The quantitative estimate of drug-likeness (QED) is 0.860. The number of amides is 2. The average molecular weight is 373 g/mol. The van der Waals surface area contributed by atoms with Crippen LogP contribution in [0.15, 0.2) is 42.6 Å². The SMILES string of the molecule is CC(=O)Nc1ccc(NC(=O)C2CCCN(c3ncccc3Cl)C2)cc1. The van der Waals surface area contributed by atoms with Crippen LogP contribution in [0.25, 0.3) is 0 Å². The first-order chi connectivity index (χ1) is 12.5. The molecule has 26 heavy (non-hydrogen) atoms. The van der Waals surface area contributed by atoms with E-state index in [1.54, 1.807) is 36.5 Å². The summed E-state index contributed by atoms with van der Waals surface area (Å²) in [5.74, 6) is 0.453. The molecule has 1 atom stereocenters. The Bertz CT molecular complexity index is 794. The molecular formula is C19H21ClN4O2. The number of halogens is 1. The van der Waals surface area contributed by atoms with E-state index in [9.17, 15) is 9.59 Å². The molecular weight excluding hydrogens is 352 g/mol. The van der Waals surface area contributed by atoms with Gasteiger partial charge in [-0.3, -0.25) is 9.59 Å². The highest BCUT2D eigenvalue weighted by Crippen LogP contribution is 2.28. The first-order valence-corrected chi connectivity index (χ1v) is 8.94. The van der Waals surface area contributed by atoms with Crippen molar-refractivity contribution in [1.82, 2.24) is 4.98 Å². The van der Waals surface area contributed by atoms with Crippen molar-refractivity contribution in [2.45, 2.75) is 19.8 Å². The van der Waals surface area contributed by atoms with Gasteiger partial charge in [-0.15, -0.1) is 0 Å². The number of carbonyl (C=O) groups excluding carboxylic acids is 2. The predicted molar refractivity (Wildman–Crippen MR) is 104 cm³/mol. The molecule has 2 heterocycles. The molecule has 136 valence electrons. The Balaban J connectivity index is 1.62. The van der Waals surface area contributed by atoms with E-state index in [0.29, 0.717) is 22.9 Å². The number of benzene rings is 1. The van der Waals surface area contributed by atoms with Crippen LogP contribution in [0.1, 0.15) is 19.8 Å². The van der Waals surface area contributed by atoms with Crippen LogP contribution in [-0.2, 0) is 9.59 Å². The number of nitrogens with zero attached hydrogens (tertiary/aromatic N) is 2. The van der Waals surface area contributed by atoms with Crippen LogP contribution < -0.4 is 15.5 Å². The molecule has 1 aromatic heterocycles. The number of aromatic nitrogens is 1. The summed E-state index contributed by atoms with van der Waals surface area (Å²) < 4.78 is 0. The fraction of sp³-hybridized carbons (Fsp3) is 0.316. The zero-order valence-corrected chi connectivity index (χ0v) is 15.3. The van der Waals surface area contributed by atoms with E-state index in [-0.39, 0.29) is 17.7 Å². The van der Waals surface area contributed by atoms with Gasteiger partial charge < -0.3 is 15.5 Å². The summed E-state index contributed by atoms with van der Waals surface area (Å²) in [4.78, 5) is 30.1. The van der Waals surface area contributed by atoms with Gasteiger partial charge in [0.05, 0.1) is 10.9 Å². The van der Waals surface area contributed by atoms with Gasteiger partial charge in [0.2, 0.25) is 11.8 Å². The highest BCUT2D eigenvalue weighted by molar-refractivity contribution is 6.32. The molecule has 1 unspecified atom stereocenters. The molecule has 0 bridgehead atoms. The lowest BCUT2D eigenvalue weighted by molar-refractivity contribution is -0.120. The van der Waals surface area contributed by atoms with Crippen molar-refractivity contribution >= 4 is 40.6 Å². The number of rotatable bonds is 4. The number of pyridine rings is 1. The van der Waals surface area contributed by atoms with E-state index in [2.05, 4.69) is 20.5 Å². The van der Waals surface area contributed by atoms with Crippen molar-refractivity contribution < 1.29 is 9.59 Å². The second kappa shape index (κ2) is 8.19. The maximum Gasteiger partial charge on any atom is 0.229 e. The molecule has 1 aliphatic heterocycles. The lowest BCUT2D eigenvalue weighted by atomic mass is 9.97. The Kier molecular flexibility index (Phi) is 5.73. The standard InChI is InChI=1S/C19H21ClN4O2/c1-13(25)22-15-6-8-16(9-7-15)23-19(26)14-4-3-11-24(12-14)18-17(20)5-2-10-21-18/h2,5-10,14H,3-4,11-12H2,1H3,(H,22,25)(H,23,26). The molecule has 1 fully saturated rings. The smallest absolute Gasteiger partial charge is 0.229 e. The van der Waals surface area contributed by atoms with Gasteiger partial charge in [0, 0.05) is 37.6 Å². The van der Waals surface area contributed by atoms with Gasteiger partial charge in [0.1, 0.15) is 5.82 Å². The lowest BCUT2D eigenvalue weighted by Gasteiger charge is -2.33. The monoisotopic (exact) mass is 372 g/mol. The first kappa shape index (κ1) is 18.2. The van der Waals surface area contributed by atoms with Crippen LogP contribution in [0.5, 0.6) is 0 Å². The Morgan fingerprint density at radius 3 is 2.50 bits per heavy atom. The van der Waals surface area contributed by atoms with Crippen molar-refractivity contribution in [3.63, 3.8) is 0 Å². The molecule has 0 radical (unpaired) electrons. The summed E-state index contributed by atoms with van der Waals surface area (Å²) in [6.45, 7) is 2.89. The average Bonchev–Trinajstić information content (AvgIpc) is 2.63. The minimum atomic E-state index is -0.128. The molecule has 2 N–H and O–H groups in total. The first-order valence-electron chi connectivity index (χ1n) is 8.57. The highest BCUT2D eigenvalue weighted by Gasteiger charge is 2.27. The maximum absolute atomic E-state index is 12.6. The van der Waals surface area contributed by atoms with Crippen molar-refractivity contribution in [3.05, 3.63) is 47.6 Å². The fourth-order valence-electron chi connectivity index (χ4n) is 3.08. The van der Waals surface area contributed by atoms with Crippen molar-refractivity contribution in [1.29, 1.82) is 0 Å². The third-order valence-electron chi connectivity index (χ3n) is 4.30. The molecule has 1 aromatic carbocycles. The topological polar surface area (TPSA) is 74.3 Å². The zero-order chi connectivity index (χ0) is 18.5. The third-order valence-corrected chi connectivity index (χ3v) is 4.60. The van der Waals surface area contributed by atoms with Gasteiger partial charge in [-0.1, -0.05) is 11.6 Å². The molecule has 6 nitrogen and oxygen atoms in total. The second-order valence-electron chi connectivity index (χ2n) is 6.34.